The molecule has 0 bridgehead atoms. The van der Waals surface area contributed by atoms with E-state index in [9.17, 15) is 4.79 Å². The van der Waals surface area contributed by atoms with E-state index in [1.807, 2.05) is 50.6 Å². The SMILES string of the molecule is CN=C(NCc1c(C)nn(Cc2ccccc2)c1C)NC1CN(C(=O)OC(C)(C)C)C1.I. The number of benzene rings is 1. The number of nitrogens with zero attached hydrogens (tertiary/aromatic N) is 4. The zero-order chi connectivity index (χ0) is 22.6. The van der Waals surface area contributed by atoms with Gasteiger partial charge in [0.05, 0.1) is 18.3 Å². The molecule has 8 nitrogen and oxygen atoms in total. The molecule has 2 heterocycles. The number of halogens is 1. The van der Waals surface area contributed by atoms with Crippen LogP contribution in [0.3, 0.4) is 0 Å². The first kappa shape index (κ1) is 26.0. The molecule has 0 radical (unpaired) electrons. The van der Waals surface area contributed by atoms with Crippen molar-refractivity contribution in [3.05, 3.63) is 52.8 Å². The number of guanidine groups is 1. The summed E-state index contributed by atoms with van der Waals surface area (Å²) < 4.78 is 7.45. The number of aromatic nitrogens is 2. The number of carbonyl (C=O) groups is 1. The quantitative estimate of drug-likeness (QED) is 0.336. The molecule has 1 aromatic carbocycles. The summed E-state index contributed by atoms with van der Waals surface area (Å²) in [6.07, 6.45) is -0.273. The van der Waals surface area contributed by atoms with E-state index in [-0.39, 0.29) is 36.1 Å². The Morgan fingerprint density at radius 2 is 1.88 bits per heavy atom. The molecule has 3 rings (SSSR count). The van der Waals surface area contributed by atoms with Gasteiger partial charge in [0, 0.05) is 37.9 Å². The lowest BCUT2D eigenvalue weighted by atomic mass is 10.1. The molecular formula is C23H35IN6O2. The van der Waals surface area contributed by atoms with Gasteiger partial charge in [-0.15, -0.1) is 24.0 Å². The largest absolute Gasteiger partial charge is 0.444 e. The van der Waals surface area contributed by atoms with Crippen molar-refractivity contribution in [3.63, 3.8) is 0 Å². The Labute approximate surface area is 207 Å². The Balaban J connectivity index is 0.00000363. The third-order valence-electron chi connectivity index (χ3n) is 5.24. The second kappa shape index (κ2) is 11.0. The summed E-state index contributed by atoms with van der Waals surface area (Å²) in [7, 11) is 1.75. The van der Waals surface area contributed by atoms with Gasteiger partial charge in [0.2, 0.25) is 0 Å². The van der Waals surface area contributed by atoms with Gasteiger partial charge in [-0.1, -0.05) is 30.3 Å². The molecule has 2 aromatic rings. The summed E-state index contributed by atoms with van der Waals surface area (Å²) in [5.41, 5.74) is 4.07. The van der Waals surface area contributed by atoms with E-state index in [1.54, 1.807) is 11.9 Å². The van der Waals surface area contributed by atoms with E-state index >= 15 is 0 Å². The number of rotatable bonds is 5. The van der Waals surface area contributed by atoms with Crippen molar-refractivity contribution in [2.24, 2.45) is 4.99 Å². The first-order valence-corrected chi connectivity index (χ1v) is 10.7. The van der Waals surface area contributed by atoms with Crippen molar-refractivity contribution in [2.45, 2.75) is 59.4 Å². The zero-order valence-corrected chi connectivity index (χ0v) is 22.1. The fourth-order valence-electron chi connectivity index (χ4n) is 3.51. The minimum atomic E-state index is -0.478. The molecule has 2 N–H and O–H groups in total. The van der Waals surface area contributed by atoms with Crippen LogP contribution in [-0.2, 0) is 17.8 Å². The summed E-state index contributed by atoms with van der Waals surface area (Å²) >= 11 is 0. The number of aryl methyl sites for hydroxylation is 1. The lowest BCUT2D eigenvalue weighted by molar-refractivity contribution is 0.00701. The van der Waals surface area contributed by atoms with Crippen molar-refractivity contribution >= 4 is 36.0 Å². The van der Waals surface area contributed by atoms with Gasteiger partial charge in [-0.2, -0.15) is 5.10 Å². The van der Waals surface area contributed by atoms with Gasteiger partial charge in [0.25, 0.3) is 0 Å². The predicted octanol–water partition coefficient (Wildman–Crippen LogP) is 3.45. The topological polar surface area (TPSA) is 83.8 Å². The maximum atomic E-state index is 12.1. The van der Waals surface area contributed by atoms with Crippen molar-refractivity contribution < 1.29 is 9.53 Å². The summed E-state index contributed by atoms with van der Waals surface area (Å²) in [5.74, 6) is 0.712. The van der Waals surface area contributed by atoms with Gasteiger partial charge in [0.15, 0.2) is 5.96 Å². The second-order valence-corrected chi connectivity index (χ2v) is 8.94. The molecule has 0 saturated carbocycles. The Morgan fingerprint density at radius 3 is 2.47 bits per heavy atom. The van der Waals surface area contributed by atoms with Gasteiger partial charge in [0.1, 0.15) is 5.60 Å². The number of amides is 1. The lowest BCUT2D eigenvalue weighted by Gasteiger charge is -2.40. The van der Waals surface area contributed by atoms with Crippen LogP contribution < -0.4 is 10.6 Å². The molecule has 1 fully saturated rings. The van der Waals surface area contributed by atoms with Crippen LogP contribution in [0.1, 0.15) is 43.3 Å². The van der Waals surface area contributed by atoms with Crippen LogP contribution in [0.4, 0.5) is 4.79 Å². The van der Waals surface area contributed by atoms with Crippen molar-refractivity contribution in [3.8, 4) is 0 Å². The molecule has 1 aromatic heterocycles. The number of aliphatic imine (C=N–C) groups is 1. The van der Waals surface area contributed by atoms with Crippen LogP contribution in [0.25, 0.3) is 0 Å². The minimum Gasteiger partial charge on any atom is -0.444 e. The van der Waals surface area contributed by atoms with Gasteiger partial charge < -0.3 is 20.3 Å². The van der Waals surface area contributed by atoms with Crippen LogP contribution in [0.15, 0.2) is 35.3 Å². The van der Waals surface area contributed by atoms with Gasteiger partial charge >= 0.3 is 6.09 Å². The first-order chi connectivity index (χ1) is 14.7. The van der Waals surface area contributed by atoms with Crippen molar-refractivity contribution in [1.29, 1.82) is 0 Å². The van der Waals surface area contributed by atoms with E-state index in [2.05, 4.69) is 34.7 Å². The minimum absolute atomic E-state index is 0. The second-order valence-electron chi connectivity index (χ2n) is 8.94. The molecule has 0 atom stereocenters. The fourth-order valence-corrected chi connectivity index (χ4v) is 3.51. The van der Waals surface area contributed by atoms with Gasteiger partial charge in [-0.25, -0.2) is 4.79 Å². The summed E-state index contributed by atoms with van der Waals surface area (Å²) in [4.78, 5) is 18.1. The monoisotopic (exact) mass is 554 g/mol. The van der Waals surface area contributed by atoms with Crippen LogP contribution >= 0.6 is 24.0 Å². The van der Waals surface area contributed by atoms with Crippen molar-refractivity contribution in [1.82, 2.24) is 25.3 Å². The molecule has 1 saturated heterocycles. The van der Waals surface area contributed by atoms with Crippen LogP contribution in [0.5, 0.6) is 0 Å². The Bertz CT molecular complexity index is 930. The molecule has 0 aliphatic carbocycles. The maximum absolute atomic E-state index is 12.1. The Hall–Kier alpha value is -2.30. The van der Waals surface area contributed by atoms with Crippen LogP contribution in [-0.4, -0.2) is 58.5 Å². The Morgan fingerprint density at radius 1 is 1.22 bits per heavy atom. The first-order valence-electron chi connectivity index (χ1n) is 10.7. The van der Waals surface area contributed by atoms with E-state index in [0.717, 1.165) is 17.9 Å². The number of hydrogen-bond acceptors (Lipinski definition) is 4. The predicted molar refractivity (Wildman–Crippen MR) is 138 cm³/mol. The number of ether oxygens (including phenoxy) is 1. The van der Waals surface area contributed by atoms with Crippen LogP contribution in [0, 0.1) is 13.8 Å². The third kappa shape index (κ3) is 6.85. The van der Waals surface area contributed by atoms with Gasteiger partial charge in [-0.3, -0.25) is 9.67 Å². The smallest absolute Gasteiger partial charge is 0.410 e. The molecular weight excluding hydrogens is 519 g/mol. The Kier molecular flexibility index (Phi) is 8.94. The van der Waals surface area contributed by atoms with E-state index in [1.165, 1.54) is 11.1 Å². The number of hydrogen-bond donors (Lipinski definition) is 2. The molecule has 1 amide bonds. The highest BCUT2D eigenvalue weighted by Gasteiger charge is 2.34. The molecule has 0 spiro atoms. The summed E-state index contributed by atoms with van der Waals surface area (Å²) in [5, 5.41) is 11.5. The third-order valence-corrected chi connectivity index (χ3v) is 5.24. The molecule has 176 valence electrons. The maximum Gasteiger partial charge on any atom is 0.410 e. The fraction of sp³-hybridized carbons (Fsp3) is 0.522. The molecule has 1 aliphatic rings. The molecule has 32 heavy (non-hydrogen) atoms. The number of nitrogens with one attached hydrogen (secondary N) is 2. The normalized spacial score (nSPS) is 14.4. The highest BCUT2D eigenvalue weighted by atomic mass is 127. The number of carbonyl (C=O) groups excluding carboxylic acids is 1. The van der Waals surface area contributed by atoms with E-state index < -0.39 is 5.60 Å². The average molecular weight is 554 g/mol. The number of likely N-dealkylation sites (tertiary alicyclic amines) is 1. The molecule has 9 heteroatoms. The highest BCUT2D eigenvalue weighted by Crippen LogP contribution is 2.16. The average Bonchev–Trinajstić information content (AvgIpc) is 2.92. The zero-order valence-electron chi connectivity index (χ0n) is 19.8. The van der Waals surface area contributed by atoms with Gasteiger partial charge in [-0.05, 0) is 40.2 Å². The summed E-state index contributed by atoms with van der Waals surface area (Å²) in [6, 6.07) is 10.5. The highest BCUT2D eigenvalue weighted by molar-refractivity contribution is 14.0. The van der Waals surface area contributed by atoms with Crippen LogP contribution in [0.2, 0.25) is 0 Å². The van der Waals surface area contributed by atoms with Crippen molar-refractivity contribution in [2.75, 3.05) is 20.1 Å². The lowest BCUT2D eigenvalue weighted by Crippen LogP contribution is -2.63. The standard InChI is InChI=1S/C23H34N6O2.HI/c1-16-20(17(2)29(27-16)13-18-10-8-7-9-11-18)12-25-21(24-6)26-19-14-28(15-19)22(30)31-23(3,4)5;/h7-11,19H,12-15H2,1-6H3,(H2,24,25,26);1H. The van der Waals surface area contributed by atoms with E-state index in [0.29, 0.717) is 25.6 Å². The van der Waals surface area contributed by atoms with E-state index in [4.69, 9.17) is 9.84 Å². The molecule has 1 aliphatic heterocycles. The summed E-state index contributed by atoms with van der Waals surface area (Å²) in [6.45, 7) is 12.3. The molecule has 0 unspecified atom stereocenters.